The molecule has 0 saturated heterocycles. The van der Waals surface area contributed by atoms with Gasteiger partial charge in [-0.05, 0) is 24.6 Å². The first-order chi connectivity index (χ1) is 10.1. The molecular formula is C17H21O4. The normalized spacial score (nSPS) is 10.2. The van der Waals surface area contributed by atoms with Crippen LogP contribution in [0.3, 0.4) is 0 Å². The fourth-order valence-corrected chi connectivity index (χ4v) is 2.06. The summed E-state index contributed by atoms with van der Waals surface area (Å²) in [6.45, 7) is 3.40. The van der Waals surface area contributed by atoms with Gasteiger partial charge in [-0.15, -0.1) is 0 Å². The second-order valence-corrected chi connectivity index (χ2v) is 4.99. The molecule has 0 aliphatic heterocycles. The van der Waals surface area contributed by atoms with Gasteiger partial charge in [0.1, 0.15) is 5.75 Å². The number of carbonyl (C=O) groups excluding carboxylic acids is 3. The minimum absolute atomic E-state index is 0.00243. The smallest absolute Gasteiger partial charge is 0.308 e. The van der Waals surface area contributed by atoms with Crippen molar-refractivity contribution in [3.8, 4) is 5.75 Å². The van der Waals surface area contributed by atoms with Crippen LogP contribution >= 0.6 is 0 Å². The Labute approximate surface area is 125 Å². The lowest BCUT2D eigenvalue weighted by molar-refractivity contribution is -0.131. The van der Waals surface area contributed by atoms with Crippen LogP contribution in [-0.4, -0.2) is 18.0 Å². The molecule has 0 atom stereocenters. The van der Waals surface area contributed by atoms with Gasteiger partial charge in [-0.25, -0.2) is 0 Å². The van der Waals surface area contributed by atoms with Crippen LogP contribution in [-0.2, 0) is 9.59 Å². The highest BCUT2D eigenvalue weighted by atomic mass is 16.5. The first-order valence-electron chi connectivity index (χ1n) is 7.32. The second kappa shape index (κ2) is 9.06. The van der Waals surface area contributed by atoms with Crippen molar-refractivity contribution in [1.29, 1.82) is 0 Å². The molecule has 0 fully saturated rings. The van der Waals surface area contributed by atoms with E-state index in [0.717, 1.165) is 19.3 Å². The summed E-state index contributed by atoms with van der Waals surface area (Å²) in [6.07, 6.45) is 7.56. The van der Waals surface area contributed by atoms with Crippen LogP contribution in [0.5, 0.6) is 5.75 Å². The van der Waals surface area contributed by atoms with E-state index in [-0.39, 0.29) is 17.1 Å². The van der Waals surface area contributed by atoms with Gasteiger partial charge in [0.15, 0.2) is 5.78 Å². The highest BCUT2D eigenvalue weighted by Crippen LogP contribution is 2.20. The molecule has 1 aromatic carbocycles. The third kappa shape index (κ3) is 5.90. The van der Waals surface area contributed by atoms with E-state index in [9.17, 15) is 14.4 Å². The van der Waals surface area contributed by atoms with Crippen molar-refractivity contribution in [2.75, 3.05) is 0 Å². The van der Waals surface area contributed by atoms with E-state index in [4.69, 9.17) is 4.74 Å². The molecule has 4 heteroatoms. The lowest BCUT2D eigenvalue weighted by Gasteiger charge is -2.06. The van der Waals surface area contributed by atoms with E-state index >= 15 is 0 Å². The van der Waals surface area contributed by atoms with E-state index in [1.807, 2.05) is 0 Å². The molecular weight excluding hydrogens is 268 g/mol. The molecule has 0 bridgehead atoms. The fraction of sp³-hybridized carbons (Fsp3) is 0.471. The van der Waals surface area contributed by atoms with Gasteiger partial charge in [-0.2, -0.15) is 0 Å². The fourth-order valence-electron chi connectivity index (χ4n) is 2.06. The van der Waals surface area contributed by atoms with Crippen LogP contribution in [0.25, 0.3) is 0 Å². The summed E-state index contributed by atoms with van der Waals surface area (Å²) in [5, 5.41) is 0. The van der Waals surface area contributed by atoms with Gasteiger partial charge in [0.25, 0.3) is 0 Å². The molecule has 0 aliphatic carbocycles. The lowest BCUT2D eigenvalue weighted by Crippen LogP contribution is -2.06. The molecule has 4 nitrogen and oxygen atoms in total. The number of unbranched alkanes of at least 4 members (excludes halogenated alkanes) is 4. The van der Waals surface area contributed by atoms with Crippen molar-refractivity contribution in [3.05, 3.63) is 29.3 Å². The quantitative estimate of drug-likeness (QED) is 0.301. The van der Waals surface area contributed by atoms with Crippen LogP contribution in [0.15, 0.2) is 18.2 Å². The van der Waals surface area contributed by atoms with Gasteiger partial charge in [0.2, 0.25) is 6.29 Å². The number of esters is 1. The largest absolute Gasteiger partial charge is 0.426 e. The minimum Gasteiger partial charge on any atom is -0.426 e. The van der Waals surface area contributed by atoms with E-state index in [1.165, 1.54) is 31.9 Å². The van der Waals surface area contributed by atoms with Crippen molar-refractivity contribution in [2.45, 2.75) is 52.4 Å². The minimum atomic E-state index is -0.512. The topological polar surface area (TPSA) is 60.4 Å². The summed E-state index contributed by atoms with van der Waals surface area (Å²) in [4.78, 5) is 33.8. The average molecular weight is 289 g/mol. The molecule has 21 heavy (non-hydrogen) atoms. The van der Waals surface area contributed by atoms with Crippen molar-refractivity contribution < 1.29 is 19.1 Å². The number of carbonyl (C=O) groups is 2. The number of benzene rings is 1. The monoisotopic (exact) mass is 289 g/mol. The van der Waals surface area contributed by atoms with E-state index in [1.54, 1.807) is 12.4 Å². The Morgan fingerprint density at radius 1 is 1.14 bits per heavy atom. The van der Waals surface area contributed by atoms with Crippen LogP contribution in [0.2, 0.25) is 0 Å². The summed E-state index contributed by atoms with van der Waals surface area (Å²) in [5.41, 5.74) is 0.557. The SMILES string of the molecule is CCCCCCCC(=O)c1ccc(OC(C)=O)c([C]=O)c1. The molecule has 0 aromatic heterocycles. The van der Waals surface area contributed by atoms with Gasteiger partial charge in [0, 0.05) is 18.9 Å². The second-order valence-electron chi connectivity index (χ2n) is 4.99. The van der Waals surface area contributed by atoms with Crippen molar-refractivity contribution in [1.82, 2.24) is 0 Å². The van der Waals surface area contributed by atoms with Crippen molar-refractivity contribution in [2.24, 2.45) is 0 Å². The maximum atomic E-state index is 12.0. The first kappa shape index (κ1) is 17.1. The summed E-state index contributed by atoms with van der Waals surface area (Å²) in [6, 6.07) is 4.47. The van der Waals surface area contributed by atoms with Crippen molar-refractivity contribution in [3.63, 3.8) is 0 Å². The Bertz CT molecular complexity index is 506. The van der Waals surface area contributed by atoms with Gasteiger partial charge in [0.05, 0.1) is 5.56 Å². The summed E-state index contributed by atoms with van der Waals surface area (Å²) in [7, 11) is 0. The molecule has 113 valence electrons. The standard InChI is InChI=1S/C17H21O4/c1-3-4-5-6-7-8-16(20)14-9-10-17(21-13(2)19)15(11-14)12-18/h9-11H,3-8H2,1-2H3. The molecule has 1 aromatic rings. The highest BCUT2D eigenvalue weighted by Gasteiger charge is 2.12. The van der Waals surface area contributed by atoms with Crippen LogP contribution in [0, 0.1) is 0 Å². The third-order valence-corrected chi connectivity index (χ3v) is 3.17. The molecule has 0 spiro atoms. The lowest BCUT2D eigenvalue weighted by atomic mass is 10.0. The zero-order valence-corrected chi connectivity index (χ0v) is 12.6. The number of hydrogen-bond donors (Lipinski definition) is 0. The molecule has 1 rings (SSSR count). The Kier molecular flexibility index (Phi) is 7.37. The van der Waals surface area contributed by atoms with Crippen LogP contribution in [0.1, 0.15) is 68.3 Å². The van der Waals surface area contributed by atoms with Gasteiger partial charge < -0.3 is 4.74 Å². The Hall–Kier alpha value is -1.97. The molecule has 0 heterocycles. The summed E-state index contributed by atoms with van der Waals surface area (Å²) >= 11 is 0. The Morgan fingerprint density at radius 3 is 2.48 bits per heavy atom. The number of hydrogen-bond acceptors (Lipinski definition) is 4. The number of ether oxygens (including phenoxy) is 1. The van der Waals surface area contributed by atoms with E-state index in [2.05, 4.69) is 6.92 Å². The molecule has 0 N–H and O–H groups in total. The van der Waals surface area contributed by atoms with Crippen LogP contribution < -0.4 is 4.74 Å². The zero-order chi connectivity index (χ0) is 15.7. The van der Waals surface area contributed by atoms with E-state index in [0.29, 0.717) is 12.0 Å². The van der Waals surface area contributed by atoms with Gasteiger partial charge in [-0.1, -0.05) is 32.6 Å². The van der Waals surface area contributed by atoms with Crippen LogP contribution in [0.4, 0.5) is 0 Å². The van der Waals surface area contributed by atoms with Gasteiger partial charge in [-0.3, -0.25) is 14.4 Å². The van der Waals surface area contributed by atoms with E-state index < -0.39 is 5.97 Å². The maximum absolute atomic E-state index is 12.0. The Balaban J connectivity index is 2.64. The number of Topliss-reactive ketones (excluding diaryl/α,β-unsaturated/α-hetero) is 1. The number of rotatable bonds is 9. The molecule has 0 aliphatic rings. The number of ketones is 1. The maximum Gasteiger partial charge on any atom is 0.308 e. The summed E-state index contributed by atoms with van der Waals surface area (Å²) in [5.74, 6) is -0.379. The molecule has 1 radical (unpaired) electrons. The molecule has 0 unspecified atom stereocenters. The van der Waals surface area contributed by atoms with Crippen molar-refractivity contribution >= 4 is 18.0 Å². The zero-order valence-electron chi connectivity index (χ0n) is 12.6. The summed E-state index contributed by atoms with van der Waals surface area (Å²) < 4.78 is 4.88. The predicted octanol–water partition coefficient (Wildman–Crippen LogP) is 3.61. The van der Waals surface area contributed by atoms with Gasteiger partial charge >= 0.3 is 5.97 Å². The average Bonchev–Trinajstić information content (AvgIpc) is 2.46. The third-order valence-electron chi connectivity index (χ3n) is 3.17. The highest BCUT2D eigenvalue weighted by molar-refractivity contribution is 5.98. The first-order valence-corrected chi connectivity index (χ1v) is 7.32. The predicted molar refractivity (Wildman–Crippen MR) is 80.3 cm³/mol. The molecule has 0 amide bonds. The molecule has 0 saturated carbocycles. The Morgan fingerprint density at radius 2 is 1.86 bits per heavy atom.